The van der Waals surface area contributed by atoms with E-state index in [1.165, 1.54) is 5.56 Å². The van der Waals surface area contributed by atoms with Crippen molar-refractivity contribution in [1.29, 1.82) is 0 Å². The maximum atomic E-state index is 12.4. The quantitative estimate of drug-likeness (QED) is 0.850. The molecule has 0 saturated carbocycles. The summed E-state index contributed by atoms with van der Waals surface area (Å²) in [6.45, 7) is 5.66. The molecule has 0 aliphatic carbocycles. The molecule has 0 bridgehead atoms. The van der Waals surface area contributed by atoms with E-state index in [4.69, 9.17) is 16.3 Å². The first-order valence-corrected chi connectivity index (χ1v) is 9.61. The number of ether oxygens (including phenoxy) is 1. The highest BCUT2D eigenvalue weighted by molar-refractivity contribution is 6.31. The largest absolute Gasteiger partial charge is 0.497 e. The fraction of sp³-hybridized carbons (Fsp3) is 0.381. The number of carbonyl (C=O) groups excluding carboxylic acids is 1. The van der Waals surface area contributed by atoms with Crippen LogP contribution in [0.1, 0.15) is 11.1 Å². The molecule has 2 amide bonds. The number of amides is 2. The molecule has 0 spiro atoms. The van der Waals surface area contributed by atoms with Gasteiger partial charge >= 0.3 is 6.03 Å². The van der Waals surface area contributed by atoms with Crippen LogP contribution in [0.25, 0.3) is 0 Å². The van der Waals surface area contributed by atoms with E-state index in [0.717, 1.165) is 41.5 Å². The third-order valence-electron chi connectivity index (χ3n) is 4.94. The van der Waals surface area contributed by atoms with Crippen LogP contribution in [-0.4, -0.2) is 50.8 Å². The molecule has 2 aromatic carbocycles. The van der Waals surface area contributed by atoms with Gasteiger partial charge in [0.1, 0.15) is 5.75 Å². The fourth-order valence-corrected chi connectivity index (χ4v) is 3.34. The number of nitrogens with zero attached hydrogens (tertiary/aromatic N) is 2. The van der Waals surface area contributed by atoms with E-state index in [9.17, 15) is 4.79 Å². The van der Waals surface area contributed by atoms with Crippen molar-refractivity contribution in [2.24, 2.45) is 0 Å². The van der Waals surface area contributed by atoms with Gasteiger partial charge in [-0.2, -0.15) is 0 Å². The number of benzene rings is 2. The summed E-state index contributed by atoms with van der Waals surface area (Å²) < 4.78 is 5.16. The molecule has 3 rings (SSSR count). The number of rotatable bonds is 5. The monoisotopic (exact) mass is 387 g/mol. The zero-order valence-electron chi connectivity index (χ0n) is 15.9. The Kier molecular flexibility index (Phi) is 6.45. The van der Waals surface area contributed by atoms with Crippen molar-refractivity contribution in [1.82, 2.24) is 10.2 Å². The van der Waals surface area contributed by atoms with Crippen LogP contribution in [0.5, 0.6) is 5.75 Å². The Morgan fingerprint density at radius 1 is 1.11 bits per heavy atom. The summed E-state index contributed by atoms with van der Waals surface area (Å²) in [7, 11) is 1.66. The topological polar surface area (TPSA) is 44.8 Å². The molecule has 1 aliphatic rings. The van der Waals surface area contributed by atoms with Crippen molar-refractivity contribution in [2.45, 2.75) is 13.3 Å². The lowest BCUT2D eigenvalue weighted by Crippen LogP contribution is -2.52. The molecule has 1 saturated heterocycles. The first kappa shape index (κ1) is 19.4. The van der Waals surface area contributed by atoms with Gasteiger partial charge in [0.05, 0.1) is 7.11 Å². The van der Waals surface area contributed by atoms with Crippen LogP contribution in [0.2, 0.25) is 5.02 Å². The number of urea groups is 1. The van der Waals surface area contributed by atoms with E-state index in [2.05, 4.69) is 16.3 Å². The number of anilines is 1. The van der Waals surface area contributed by atoms with E-state index in [0.29, 0.717) is 19.6 Å². The minimum absolute atomic E-state index is 0.00472. The second-order valence-electron chi connectivity index (χ2n) is 6.74. The lowest BCUT2D eigenvalue weighted by Gasteiger charge is -2.36. The second kappa shape index (κ2) is 9.00. The number of methoxy groups -OCH3 is 1. The van der Waals surface area contributed by atoms with Crippen molar-refractivity contribution < 1.29 is 9.53 Å². The number of hydrogen-bond donors (Lipinski definition) is 1. The first-order chi connectivity index (χ1) is 13.1. The van der Waals surface area contributed by atoms with E-state index in [1.54, 1.807) is 7.11 Å². The van der Waals surface area contributed by atoms with Gasteiger partial charge in [-0.1, -0.05) is 29.8 Å². The number of hydrogen-bond acceptors (Lipinski definition) is 3. The van der Waals surface area contributed by atoms with Gasteiger partial charge in [-0.15, -0.1) is 0 Å². The van der Waals surface area contributed by atoms with E-state index in [1.807, 2.05) is 48.2 Å². The molecule has 1 N–H and O–H groups in total. The molecule has 2 aromatic rings. The molecule has 0 atom stereocenters. The molecule has 1 heterocycles. The molecule has 27 heavy (non-hydrogen) atoms. The van der Waals surface area contributed by atoms with Crippen LogP contribution in [0.4, 0.5) is 10.5 Å². The van der Waals surface area contributed by atoms with Crippen molar-refractivity contribution in [3.05, 3.63) is 58.6 Å². The number of nitrogens with one attached hydrogen (secondary N) is 1. The molecular weight excluding hydrogens is 362 g/mol. The predicted octanol–water partition coefficient (Wildman–Crippen LogP) is 3.73. The Hall–Kier alpha value is -2.40. The highest BCUT2D eigenvalue weighted by Crippen LogP contribution is 2.24. The van der Waals surface area contributed by atoms with Crippen molar-refractivity contribution in [3.8, 4) is 5.75 Å². The Balaban J connectivity index is 1.43. The zero-order valence-corrected chi connectivity index (χ0v) is 16.6. The predicted molar refractivity (Wildman–Crippen MR) is 110 cm³/mol. The van der Waals surface area contributed by atoms with Crippen molar-refractivity contribution >= 4 is 23.3 Å². The Bertz CT molecular complexity index is 771. The molecule has 6 heteroatoms. The maximum Gasteiger partial charge on any atom is 0.317 e. The standard InChI is InChI=1S/C21H26ClN3O2/c1-16-3-6-18(15-20(16)22)24-11-13-25(14-12-24)21(26)23-10-9-17-4-7-19(27-2)8-5-17/h3-8,15H,9-14H2,1-2H3,(H,23,26). The average molecular weight is 388 g/mol. The first-order valence-electron chi connectivity index (χ1n) is 9.23. The SMILES string of the molecule is COc1ccc(CCNC(=O)N2CCN(c3ccc(C)c(Cl)c3)CC2)cc1. The summed E-state index contributed by atoms with van der Waals surface area (Å²) in [4.78, 5) is 16.5. The van der Waals surface area contributed by atoms with Crippen LogP contribution in [0.3, 0.4) is 0 Å². The van der Waals surface area contributed by atoms with Gasteiger partial charge in [-0.05, 0) is 48.7 Å². The minimum Gasteiger partial charge on any atom is -0.497 e. The van der Waals surface area contributed by atoms with Crippen LogP contribution in [-0.2, 0) is 6.42 Å². The van der Waals surface area contributed by atoms with E-state index < -0.39 is 0 Å². The number of aryl methyl sites for hydroxylation is 1. The van der Waals surface area contributed by atoms with Crippen LogP contribution >= 0.6 is 11.6 Å². The van der Waals surface area contributed by atoms with Crippen molar-refractivity contribution in [3.63, 3.8) is 0 Å². The lowest BCUT2D eigenvalue weighted by molar-refractivity contribution is 0.194. The summed E-state index contributed by atoms with van der Waals surface area (Å²) in [5.74, 6) is 0.843. The van der Waals surface area contributed by atoms with E-state index in [-0.39, 0.29) is 6.03 Å². The van der Waals surface area contributed by atoms with Gasteiger partial charge in [0.25, 0.3) is 0 Å². The summed E-state index contributed by atoms with van der Waals surface area (Å²) in [5.41, 5.74) is 3.37. The molecule has 0 unspecified atom stereocenters. The molecule has 0 radical (unpaired) electrons. The summed E-state index contributed by atoms with van der Waals surface area (Å²) >= 11 is 6.23. The molecule has 5 nitrogen and oxygen atoms in total. The maximum absolute atomic E-state index is 12.4. The van der Waals surface area contributed by atoms with E-state index >= 15 is 0 Å². The Labute approximate surface area is 165 Å². The van der Waals surface area contributed by atoms with Gasteiger partial charge in [0, 0.05) is 43.4 Å². The number of halogens is 1. The fourth-order valence-electron chi connectivity index (χ4n) is 3.16. The minimum atomic E-state index is 0.00472. The van der Waals surface area contributed by atoms with Gasteiger partial charge in [0.2, 0.25) is 0 Å². The summed E-state index contributed by atoms with van der Waals surface area (Å²) in [5, 5.41) is 3.80. The summed E-state index contributed by atoms with van der Waals surface area (Å²) in [6.07, 6.45) is 0.803. The third kappa shape index (κ3) is 5.07. The molecule has 1 aliphatic heterocycles. The number of carbonyl (C=O) groups is 1. The Morgan fingerprint density at radius 3 is 2.44 bits per heavy atom. The van der Waals surface area contributed by atoms with Gasteiger partial charge in [-0.25, -0.2) is 4.79 Å². The van der Waals surface area contributed by atoms with Crippen LogP contribution < -0.4 is 15.0 Å². The average Bonchev–Trinajstić information content (AvgIpc) is 2.70. The highest BCUT2D eigenvalue weighted by atomic mass is 35.5. The number of piperazine rings is 1. The molecule has 0 aromatic heterocycles. The molecule has 144 valence electrons. The van der Waals surface area contributed by atoms with Gasteiger partial charge < -0.3 is 19.9 Å². The smallest absolute Gasteiger partial charge is 0.317 e. The lowest BCUT2D eigenvalue weighted by atomic mass is 10.1. The highest BCUT2D eigenvalue weighted by Gasteiger charge is 2.21. The normalized spacial score (nSPS) is 14.2. The summed E-state index contributed by atoms with van der Waals surface area (Å²) in [6, 6.07) is 14.1. The third-order valence-corrected chi connectivity index (χ3v) is 5.34. The Morgan fingerprint density at radius 2 is 1.81 bits per heavy atom. The van der Waals surface area contributed by atoms with Crippen LogP contribution in [0, 0.1) is 6.92 Å². The van der Waals surface area contributed by atoms with Gasteiger partial charge in [0.15, 0.2) is 0 Å². The van der Waals surface area contributed by atoms with Gasteiger partial charge in [-0.3, -0.25) is 0 Å². The zero-order chi connectivity index (χ0) is 19.2. The van der Waals surface area contributed by atoms with Crippen LogP contribution in [0.15, 0.2) is 42.5 Å². The molecule has 1 fully saturated rings. The molecular formula is C21H26ClN3O2. The second-order valence-corrected chi connectivity index (χ2v) is 7.14. The van der Waals surface area contributed by atoms with Crippen molar-refractivity contribution in [2.75, 3.05) is 44.7 Å².